The van der Waals surface area contributed by atoms with Gasteiger partial charge < -0.3 is 18.4 Å². The van der Waals surface area contributed by atoms with Crippen LogP contribution in [0.5, 0.6) is 0 Å². The van der Waals surface area contributed by atoms with E-state index in [2.05, 4.69) is 97.0 Å². The maximum atomic E-state index is 13.5. The van der Waals surface area contributed by atoms with Crippen molar-refractivity contribution in [3.05, 3.63) is 12.2 Å². The van der Waals surface area contributed by atoms with Crippen molar-refractivity contribution in [3.63, 3.8) is 0 Å². The average Bonchev–Trinajstić information content (AvgIpc) is 3.21. The quantitative estimate of drug-likeness (QED) is 0.0312. The van der Waals surface area contributed by atoms with Crippen molar-refractivity contribution in [1.29, 1.82) is 0 Å². The van der Waals surface area contributed by atoms with Crippen LogP contribution in [0.25, 0.3) is 0 Å². The highest BCUT2D eigenvalue weighted by atomic mass is 16.5. The van der Waals surface area contributed by atoms with Gasteiger partial charge in [0.05, 0.1) is 47.4 Å². The molecule has 0 radical (unpaired) electrons. The van der Waals surface area contributed by atoms with Crippen LogP contribution >= 0.6 is 0 Å². The SMILES string of the molecule is C=C(C)C(CC)C1C2CCC3C(C)(CC[C@@H](CC)OC(=O)C[N+](C)(C)CCCCCCCCCCCCCC)C(C)CC[C@@]3(C)[C@]2(C)CC[C@@H]1COC(=O)C[N+](C)(CC)CCC. The third-order valence-electron chi connectivity index (χ3n) is 18.7. The number of likely N-dealkylation sites (N-methyl/N-ethyl adjacent to an activating group) is 2. The minimum Gasteiger partial charge on any atom is -0.461 e. The lowest BCUT2D eigenvalue weighted by atomic mass is 9.35. The maximum absolute atomic E-state index is 13.5. The summed E-state index contributed by atoms with van der Waals surface area (Å²) in [6, 6.07) is 0. The monoisotopic (exact) mass is 871 g/mol. The molecule has 362 valence electrons. The van der Waals surface area contributed by atoms with Gasteiger partial charge in [-0.05, 0) is 149 Å². The van der Waals surface area contributed by atoms with Crippen molar-refractivity contribution in [3.8, 4) is 0 Å². The first-order valence-electron chi connectivity index (χ1n) is 27.0. The van der Waals surface area contributed by atoms with E-state index in [0.717, 1.165) is 62.6 Å². The number of allylic oxidation sites excluding steroid dienone is 1. The zero-order valence-electron chi connectivity index (χ0n) is 43.8. The predicted molar refractivity (Wildman–Crippen MR) is 264 cm³/mol. The Bertz CT molecular complexity index is 1350. The van der Waals surface area contributed by atoms with E-state index >= 15 is 0 Å². The van der Waals surface area contributed by atoms with Crippen LogP contribution in [0.4, 0.5) is 0 Å². The first kappa shape index (κ1) is 54.9. The second-order valence-electron chi connectivity index (χ2n) is 23.5. The number of nitrogens with zero attached hydrogens (tertiary/aromatic N) is 2. The molecule has 0 heterocycles. The minimum atomic E-state index is -0.0281. The van der Waals surface area contributed by atoms with Crippen molar-refractivity contribution in [2.75, 3.05) is 60.5 Å². The van der Waals surface area contributed by atoms with Gasteiger partial charge in [-0.25, -0.2) is 9.59 Å². The summed E-state index contributed by atoms with van der Waals surface area (Å²) in [5.41, 5.74) is 1.96. The maximum Gasteiger partial charge on any atom is 0.362 e. The van der Waals surface area contributed by atoms with E-state index in [4.69, 9.17) is 9.47 Å². The molecule has 11 atom stereocenters. The van der Waals surface area contributed by atoms with Gasteiger partial charge in [0, 0.05) is 0 Å². The molecule has 0 aromatic rings. The van der Waals surface area contributed by atoms with Crippen LogP contribution in [0, 0.1) is 51.8 Å². The van der Waals surface area contributed by atoms with Gasteiger partial charge in [0.15, 0.2) is 13.1 Å². The Morgan fingerprint density at radius 3 is 1.85 bits per heavy atom. The Hall–Kier alpha value is -1.40. The molecule has 0 aromatic carbocycles. The van der Waals surface area contributed by atoms with Crippen molar-refractivity contribution in [2.24, 2.45) is 51.8 Å². The molecule has 3 rings (SSSR count). The zero-order valence-corrected chi connectivity index (χ0v) is 43.8. The summed E-state index contributed by atoms with van der Waals surface area (Å²) in [4.78, 5) is 26.9. The van der Waals surface area contributed by atoms with E-state index in [0.29, 0.717) is 59.7 Å². The number of hydrogen-bond donors (Lipinski definition) is 0. The molecule has 3 fully saturated rings. The molecule has 3 saturated carbocycles. The Morgan fingerprint density at radius 2 is 1.31 bits per heavy atom. The number of unbranched alkanes of at least 4 members (excludes halogenated alkanes) is 11. The molecule has 7 unspecified atom stereocenters. The summed E-state index contributed by atoms with van der Waals surface area (Å²) in [5.74, 6) is 3.15. The van der Waals surface area contributed by atoms with Gasteiger partial charge in [-0.2, -0.15) is 0 Å². The van der Waals surface area contributed by atoms with Gasteiger partial charge in [-0.3, -0.25) is 0 Å². The van der Waals surface area contributed by atoms with Gasteiger partial charge in [0.1, 0.15) is 6.10 Å². The van der Waals surface area contributed by atoms with Gasteiger partial charge in [-0.1, -0.05) is 132 Å². The van der Waals surface area contributed by atoms with Crippen LogP contribution in [-0.4, -0.2) is 87.5 Å². The number of carbonyl (C=O) groups excluding carboxylic acids is 2. The van der Waals surface area contributed by atoms with Crippen molar-refractivity contribution >= 4 is 11.9 Å². The van der Waals surface area contributed by atoms with Gasteiger partial charge in [0.25, 0.3) is 0 Å². The first-order valence-corrected chi connectivity index (χ1v) is 27.0. The van der Waals surface area contributed by atoms with Crippen LogP contribution in [0.2, 0.25) is 0 Å². The topological polar surface area (TPSA) is 52.6 Å². The highest BCUT2D eigenvalue weighted by Gasteiger charge is 2.65. The number of carbonyl (C=O) groups is 2. The molecule has 62 heavy (non-hydrogen) atoms. The van der Waals surface area contributed by atoms with Crippen molar-refractivity contribution in [1.82, 2.24) is 0 Å². The minimum absolute atomic E-state index is 0.0161. The van der Waals surface area contributed by atoms with Crippen LogP contribution in [0.1, 0.15) is 217 Å². The molecule has 0 saturated heterocycles. The Balaban J connectivity index is 1.62. The van der Waals surface area contributed by atoms with Gasteiger partial charge >= 0.3 is 11.9 Å². The van der Waals surface area contributed by atoms with E-state index in [9.17, 15) is 9.59 Å². The standard InChI is InChI=1S/C56H106N2O4/c1-15-20-21-22-23-24-25-26-27-28-29-30-40-57(12,13)41-52(60)62-47(17-3)35-36-54(9)45(8)33-37-56(11)50(54)32-31-49-53(48(18-4)44(6)7)46(34-38-55(49,56)10)43-61-51(59)42-58(14,19-5)39-16-2/h45-50,53H,6,15-43H2,1-5,7-14H3/q+2/t45?,46-,47-,48?,49?,50?,53?,54?,55-,56-,58?/m1/s1. The van der Waals surface area contributed by atoms with E-state index < -0.39 is 0 Å². The van der Waals surface area contributed by atoms with Crippen LogP contribution in [0.3, 0.4) is 0 Å². The fourth-order valence-electron chi connectivity index (χ4n) is 14.1. The summed E-state index contributed by atoms with van der Waals surface area (Å²) in [5, 5.41) is 0. The lowest BCUT2D eigenvalue weighted by Gasteiger charge is -2.70. The summed E-state index contributed by atoms with van der Waals surface area (Å²) in [7, 11) is 6.62. The lowest BCUT2D eigenvalue weighted by Crippen LogP contribution is -2.63. The van der Waals surface area contributed by atoms with Crippen LogP contribution in [-0.2, 0) is 19.1 Å². The molecule has 0 bridgehead atoms. The highest BCUT2D eigenvalue weighted by molar-refractivity contribution is 5.71. The summed E-state index contributed by atoms with van der Waals surface area (Å²) in [6.45, 7) is 33.1. The summed E-state index contributed by atoms with van der Waals surface area (Å²) < 4.78 is 14.1. The number of rotatable bonds is 30. The van der Waals surface area contributed by atoms with Gasteiger partial charge in [-0.15, -0.1) is 0 Å². The molecule has 0 spiro atoms. The van der Waals surface area contributed by atoms with Gasteiger partial charge in [0.2, 0.25) is 0 Å². The molecular formula is C56H106N2O4+2. The smallest absolute Gasteiger partial charge is 0.362 e. The van der Waals surface area contributed by atoms with Crippen LogP contribution in [0.15, 0.2) is 12.2 Å². The molecular weight excluding hydrogens is 765 g/mol. The van der Waals surface area contributed by atoms with E-state index in [-0.39, 0.29) is 34.3 Å². The Kier molecular flexibility index (Phi) is 22.6. The number of esters is 2. The molecule has 3 aliphatic carbocycles. The average molecular weight is 871 g/mol. The summed E-state index contributed by atoms with van der Waals surface area (Å²) in [6.07, 6.45) is 28.8. The number of fused-ring (bicyclic) bond motifs is 3. The molecule has 0 amide bonds. The molecule has 0 N–H and O–H groups in total. The largest absolute Gasteiger partial charge is 0.461 e. The second-order valence-corrected chi connectivity index (χ2v) is 23.5. The molecule has 0 aromatic heterocycles. The molecule has 0 aliphatic heterocycles. The molecule has 6 heteroatoms. The fourth-order valence-corrected chi connectivity index (χ4v) is 14.1. The van der Waals surface area contributed by atoms with Crippen molar-refractivity contribution in [2.45, 2.75) is 223 Å². The third-order valence-corrected chi connectivity index (χ3v) is 18.7. The number of hydrogen-bond acceptors (Lipinski definition) is 4. The second kappa shape index (κ2) is 25.5. The normalized spacial score (nSPS) is 30.7. The fraction of sp³-hybridized carbons (Fsp3) is 0.929. The third kappa shape index (κ3) is 14.5. The summed E-state index contributed by atoms with van der Waals surface area (Å²) >= 11 is 0. The Labute approximate surface area is 386 Å². The van der Waals surface area contributed by atoms with Crippen LogP contribution < -0.4 is 0 Å². The zero-order chi connectivity index (χ0) is 46.2. The number of quaternary nitrogens is 2. The van der Waals surface area contributed by atoms with E-state index in [1.54, 1.807) is 0 Å². The predicted octanol–water partition coefficient (Wildman–Crippen LogP) is 14.4. The first-order chi connectivity index (χ1) is 29.3. The highest BCUT2D eigenvalue weighted by Crippen LogP contribution is 2.73. The van der Waals surface area contributed by atoms with E-state index in [1.807, 2.05) is 0 Å². The molecule has 3 aliphatic rings. The molecule has 6 nitrogen and oxygen atoms in total. The number of ether oxygens (including phenoxy) is 2. The van der Waals surface area contributed by atoms with E-state index in [1.165, 1.54) is 115 Å². The van der Waals surface area contributed by atoms with Crippen molar-refractivity contribution < 1.29 is 28.0 Å². The lowest BCUT2D eigenvalue weighted by molar-refractivity contribution is -0.900. The Morgan fingerprint density at radius 1 is 0.710 bits per heavy atom.